The van der Waals surface area contributed by atoms with Crippen LogP contribution in [-0.2, 0) is 16.0 Å². The average molecular weight is 282 g/mol. The van der Waals surface area contributed by atoms with Gasteiger partial charge in [-0.2, -0.15) is 0 Å². The summed E-state index contributed by atoms with van der Waals surface area (Å²) >= 11 is 0. The van der Waals surface area contributed by atoms with Gasteiger partial charge in [-0.25, -0.2) is 8.78 Å². The molecule has 2 saturated heterocycles. The molecule has 0 spiro atoms. The van der Waals surface area contributed by atoms with Crippen molar-refractivity contribution in [3.05, 3.63) is 35.4 Å². The van der Waals surface area contributed by atoms with Gasteiger partial charge in [0.15, 0.2) is 0 Å². The maximum absolute atomic E-state index is 13.6. The Morgan fingerprint density at radius 2 is 2.25 bits per heavy atom. The number of hydrogen-bond acceptors (Lipinski definition) is 3. The first kappa shape index (κ1) is 13.5. The minimum absolute atomic E-state index is 0.0137. The lowest BCUT2D eigenvalue weighted by Crippen LogP contribution is -2.53. The lowest BCUT2D eigenvalue weighted by atomic mass is 10.1. The van der Waals surface area contributed by atoms with Gasteiger partial charge in [-0.05, 0) is 11.6 Å². The van der Waals surface area contributed by atoms with E-state index in [1.165, 1.54) is 12.1 Å². The summed E-state index contributed by atoms with van der Waals surface area (Å²) in [6.07, 6.45) is -0.0271. The molecule has 0 saturated carbocycles. The van der Waals surface area contributed by atoms with E-state index in [4.69, 9.17) is 4.74 Å². The zero-order valence-electron chi connectivity index (χ0n) is 10.9. The third kappa shape index (κ3) is 2.53. The van der Waals surface area contributed by atoms with Crippen molar-refractivity contribution in [1.82, 2.24) is 10.2 Å². The smallest absolute Gasteiger partial charge is 0.227 e. The number of halogens is 2. The van der Waals surface area contributed by atoms with E-state index >= 15 is 0 Å². The van der Waals surface area contributed by atoms with Gasteiger partial charge in [0.25, 0.3) is 0 Å². The third-order valence-corrected chi connectivity index (χ3v) is 3.87. The van der Waals surface area contributed by atoms with E-state index in [-0.39, 0.29) is 30.0 Å². The number of rotatable bonds is 2. The number of morpholine rings is 1. The van der Waals surface area contributed by atoms with Crippen LogP contribution in [0.15, 0.2) is 18.2 Å². The molecule has 0 aromatic heterocycles. The van der Waals surface area contributed by atoms with Crippen LogP contribution >= 0.6 is 0 Å². The molecular formula is C14H16F2N2O2. The van der Waals surface area contributed by atoms with Gasteiger partial charge in [0, 0.05) is 25.7 Å². The van der Waals surface area contributed by atoms with Crippen molar-refractivity contribution in [3.63, 3.8) is 0 Å². The van der Waals surface area contributed by atoms with E-state index in [9.17, 15) is 13.6 Å². The summed E-state index contributed by atoms with van der Waals surface area (Å²) in [5, 5.41) is 3.19. The number of hydrogen-bond donors (Lipinski definition) is 1. The van der Waals surface area contributed by atoms with Crippen LogP contribution < -0.4 is 5.32 Å². The van der Waals surface area contributed by atoms with Crippen LogP contribution in [0.25, 0.3) is 0 Å². The van der Waals surface area contributed by atoms with Crippen molar-refractivity contribution in [2.24, 2.45) is 0 Å². The van der Waals surface area contributed by atoms with Crippen molar-refractivity contribution in [1.29, 1.82) is 0 Å². The van der Waals surface area contributed by atoms with E-state index in [0.717, 1.165) is 12.6 Å². The highest BCUT2D eigenvalue weighted by Gasteiger charge is 2.38. The first-order valence-electron chi connectivity index (χ1n) is 6.71. The van der Waals surface area contributed by atoms with E-state index in [1.807, 2.05) is 0 Å². The zero-order valence-corrected chi connectivity index (χ0v) is 10.9. The molecule has 1 N–H and O–H groups in total. The maximum atomic E-state index is 13.6. The van der Waals surface area contributed by atoms with E-state index in [2.05, 4.69) is 5.32 Å². The number of nitrogens with one attached hydrogen (secondary N) is 1. The summed E-state index contributed by atoms with van der Waals surface area (Å²) in [5.41, 5.74) is 0.227. The highest BCUT2D eigenvalue weighted by Crippen LogP contribution is 2.19. The van der Waals surface area contributed by atoms with Crippen molar-refractivity contribution in [2.75, 3.05) is 26.2 Å². The molecule has 20 heavy (non-hydrogen) atoms. The van der Waals surface area contributed by atoms with Gasteiger partial charge >= 0.3 is 0 Å². The van der Waals surface area contributed by atoms with Gasteiger partial charge < -0.3 is 15.0 Å². The Bertz CT molecular complexity index is 524. The summed E-state index contributed by atoms with van der Waals surface area (Å²) in [5.74, 6) is -1.45. The lowest BCUT2D eigenvalue weighted by molar-refractivity contribution is -0.142. The highest BCUT2D eigenvalue weighted by atomic mass is 19.1. The average Bonchev–Trinajstić information content (AvgIpc) is 2.90. The molecule has 2 heterocycles. The zero-order chi connectivity index (χ0) is 14.1. The number of nitrogens with zero attached hydrogens (tertiary/aromatic N) is 1. The summed E-state index contributed by atoms with van der Waals surface area (Å²) in [4.78, 5) is 14.1. The number of carbonyl (C=O) groups excluding carboxylic acids is 1. The lowest BCUT2D eigenvalue weighted by Gasteiger charge is -2.37. The van der Waals surface area contributed by atoms with Crippen molar-refractivity contribution < 1.29 is 18.3 Å². The molecule has 4 nitrogen and oxygen atoms in total. The Kier molecular flexibility index (Phi) is 3.67. The molecule has 0 unspecified atom stereocenters. The Balaban J connectivity index is 1.72. The van der Waals surface area contributed by atoms with E-state index < -0.39 is 11.6 Å². The number of carbonyl (C=O) groups is 1. The van der Waals surface area contributed by atoms with Crippen LogP contribution in [0.5, 0.6) is 0 Å². The normalized spacial score (nSPS) is 25.6. The molecule has 0 aliphatic carbocycles. The third-order valence-electron chi connectivity index (χ3n) is 3.87. The first-order valence-corrected chi connectivity index (χ1v) is 6.71. The van der Waals surface area contributed by atoms with Crippen LogP contribution in [0.3, 0.4) is 0 Å². The van der Waals surface area contributed by atoms with Gasteiger partial charge in [-0.15, -0.1) is 0 Å². The fraction of sp³-hybridized carbons (Fsp3) is 0.500. The van der Waals surface area contributed by atoms with Crippen LogP contribution in [0.4, 0.5) is 8.78 Å². The van der Waals surface area contributed by atoms with Gasteiger partial charge in [0.1, 0.15) is 11.6 Å². The van der Waals surface area contributed by atoms with Crippen LogP contribution in [0.1, 0.15) is 5.56 Å². The quantitative estimate of drug-likeness (QED) is 0.868. The summed E-state index contributed by atoms with van der Waals surface area (Å²) < 4.78 is 32.0. The monoisotopic (exact) mass is 282 g/mol. The predicted octanol–water partition coefficient (Wildman–Crippen LogP) is 0.706. The van der Waals surface area contributed by atoms with E-state index in [0.29, 0.717) is 19.7 Å². The Hall–Kier alpha value is -1.53. The van der Waals surface area contributed by atoms with E-state index in [1.54, 1.807) is 4.90 Å². The van der Waals surface area contributed by atoms with Crippen molar-refractivity contribution in [3.8, 4) is 0 Å². The number of fused-ring (bicyclic) bond motifs is 1. The number of amides is 1. The minimum Gasteiger partial charge on any atom is -0.373 e. The molecule has 0 radical (unpaired) electrons. The molecule has 108 valence electrons. The topological polar surface area (TPSA) is 41.6 Å². The van der Waals surface area contributed by atoms with Gasteiger partial charge in [0.05, 0.1) is 25.2 Å². The largest absolute Gasteiger partial charge is 0.373 e. The van der Waals surface area contributed by atoms with Crippen LogP contribution in [-0.4, -0.2) is 49.2 Å². The fourth-order valence-electron chi connectivity index (χ4n) is 2.83. The van der Waals surface area contributed by atoms with Gasteiger partial charge in [0.2, 0.25) is 5.91 Å². The van der Waals surface area contributed by atoms with Crippen molar-refractivity contribution in [2.45, 2.75) is 18.6 Å². The standard InChI is InChI=1S/C14H16F2N2O2/c15-10-2-1-9(11(16)6-10)5-14(19)18-3-4-20-13-8-17-7-12(13)18/h1-2,6,12-13,17H,3-5,7-8H2/t12-,13+/m1/s1. The summed E-state index contributed by atoms with van der Waals surface area (Å²) in [6.45, 7) is 2.45. The molecule has 3 rings (SSSR count). The summed E-state index contributed by atoms with van der Waals surface area (Å²) in [7, 11) is 0. The molecule has 2 aliphatic rings. The Labute approximate surface area is 115 Å². The molecule has 6 heteroatoms. The molecule has 1 aromatic rings. The summed E-state index contributed by atoms with van der Waals surface area (Å²) in [6, 6.07) is 3.32. The van der Waals surface area contributed by atoms with Crippen molar-refractivity contribution >= 4 is 5.91 Å². The number of benzene rings is 1. The molecular weight excluding hydrogens is 266 g/mol. The Morgan fingerprint density at radius 3 is 3.05 bits per heavy atom. The number of ether oxygens (including phenoxy) is 1. The van der Waals surface area contributed by atoms with Gasteiger partial charge in [-0.1, -0.05) is 6.07 Å². The molecule has 1 amide bonds. The maximum Gasteiger partial charge on any atom is 0.227 e. The van der Waals surface area contributed by atoms with Crippen LogP contribution in [0.2, 0.25) is 0 Å². The minimum atomic E-state index is -0.673. The molecule has 0 bridgehead atoms. The molecule has 2 aliphatic heterocycles. The predicted molar refractivity (Wildman–Crippen MR) is 68.2 cm³/mol. The molecule has 2 atom stereocenters. The fourth-order valence-corrected chi connectivity index (χ4v) is 2.83. The first-order chi connectivity index (χ1) is 9.65. The molecule has 1 aromatic carbocycles. The molecule has 2 fully saturated rings. The second-order valence-corrected chi connectivity index (χ2v) is 5.13. The Morgan fingerprint density at radius 1 is 1.40 bits per heavy atom. The second kappa shape index (κ2) is 5.46. The van der Waals surface area contributed by atoms with Crippen LogP contribution in [0, 0.1) is 11.6 Å². The van der Waals surface area contributed by atoms with Gasteiger partial charge in [-0.3, -0.25) is 4.79 Å². The highest BCUT2D eigenvalue weighted by molar-refractivity contribution is 5.79. The second-order valence-electron chi connectivity index (χ2n) is 5.13. The SMILES string of the molecule is O=C(Cc1ccc(F)cc1F)N1CCO[C@H]2CNC[C@H]21.